The van der Waals surface area contributed by atoms with Crippen molar-refractivity contribution in [2.45, 2.75) is 25.9 Å². The Kier molecular flexibility index (Phi) is 5.90. The summed E-state index contributed by atoms with van der Waals surface area (Å²) in [5.41, 5.74) is 0.861. The number of urea groups is 1. The Labute approximate surface area is 192 Å². The molecule has 0 spiro atoms. The van der Waals surface area contributed by atoms with E-state index in [1.54, 1.807) is 17.9 Å². The summed E-state index contributed by atoms with van der Waals surface area (Å²) in [6.07, 6.45) is -2.89. The molecule has 10 heteroatoms. The number of carbonyl (C=O) groups is 1. The summed E-state index contributed by atoms with van der Waals surface area (Å²) < 4.78 is 41.3. The largest absolute Gasteiger partial charge is 0.416 e. The summed E-state index contributed by atoms with van der Waals surface area (Å²) in [7, 11) is 1.71. The number of amides is 2. The van der Waals surface area contributed by atoms with Crippen LogP contribution in [0.3, 0.4) is 0 Å². The van der Waals surface area contributed by atoms with Gasteiger partial charge in [0.15, 0.2) is 0 Å². The highest BCUT2D eigenvalue weighted by atomic mass is 19.4. The van der Waals surface area contributed by atoms with Gasteiger partial charge in [0, 0.05) is 18.1 Å². The zero-order valence-corrected chi connectivity index (χ0v) is 18.6. The minimum atomic E-state index is -4.47. The van der Waals surface area contributed by atoms with Crippen molar-refractivity contribution in [2.75, 3.05) is 10.6 Å². The molecular weight excluding hydrogens is 447 g/mol. The Bertz CT molecular complexity index is 1420. The average Bonchev–Trinajstić information content (AvgIpc) is 3.02. The van der Waals surface area contributed by atoms with E-state index in [1.807, 2.05) is 44.2 Å². The number of nitrogens with one attached hydrogen (secondary N) is 2. The minimum absolute atomic E-state index is 0.0788. The van der Waals surface area contributed by atoms with Gasteiger partial charge in [-0.3, -0.25) is 14.5 Å². The maximum Gasteiger partial charge on any atom is 0.416 e. The van der Waals surface area contributed by atoms with Gasteiger partial charge in [-0.25, -0.2) is 9.48 Å². The van der Waals surface area contributed by atoms with Crippen molar-refractivity contribution >= 4 is 28.3 Å². The molecule has 0 saturated heterocycles. The molecule has 4 rings (SSSR count). The number of para-hydroxylation sites is 1. The molecule has 0 unspecified atom stereocenters. The number of rotatable bonds is 4. The normalized spacial score (nSPS) is 11.7. The molecule has 0 aliphatic heterocycles. The van der Waals surface area contributed by atoms with Gasteiger partial charge in [0.2, 0.25) is 0 Å². The maximum absolute atomic E-state index is 13.3. The van der Waals surface area contributed by atoms with Crippen molar-refractivity contribution in [3.05, 3.63) is 82.4 Å². The van der Waals surface area contributed by atoms with Gasteiger partial charge in [0.05, 0.1) is 28.7 Å². The standard InChI is InChI=1S/C24H22F3N5O2/c1-14(2)21-20(30-23(34)29-17-10-8-16(9-11-17)24(25,26)27)22(33)32(31(21)3)18-12-15-6-4-5-7-19(15)28-13-18/h4-14H,1-3H3,(H2,29,30,34). The van der Waals surface area contributed by atoms with Crippen molar-refractivity contribution in [1.29, 1.82) is 0 Å². The van der Waals surface area contributed by atoms with E-state index < -0.39 is 23.3 Å². The zero-order chi connectivity index (χ0) is 24.6. The Hall–Kier alpha value is -4.08. The number of pyridine rings is 1. The topological polar surface area (TPSA) is 81.0 Å². The Balaban J connectivity index is 1.66. The van der Waals surface area contributed by atoms with Gasteiger partial charge in [0.1, 0.15) is 5.69 Å². The molecule has 2 aromatic heterocycles. The van der Waals surface area contributed by atoms with Crippen LogP contribution in [0.2, 0.25) is 0 Å². The van der Waals surface area contributed by atoms with E-state index in [0.29, 0.717) is 11.4 Å². The number of alkyl halides is 3. The first-order valence-electron chi connectivity index (χ1n) is 10.5. The molecular formula is C24H22F3N5O2. The first-order chi connectivity index (χ1) is 16.1. The van der Waals surface area contributed by atoms with Gasteiger partial charge in [-0.1, -0.05) is 32.0 Å². The Morgan fingerprint density at radius 3 is 2.35 bits per heavy atom. The molecule has 2 heterocycles. The summed E-state index contributed by atoms with van der Waals surface area (Å²) in [6.45, 7) is 3.77. The van der Waals surface area contributed by atoms with Gasteiger partial charge in [0.25, 0.3) is 5.56 Å². The quantitative estimate of drug-likeness (QED) is 0.414. The summed E-state index contributed by atoms with van der Waals surface area (Å²) in [5, 5.41) is 5.90. The summed E-state index contributed by atoms with van der Waals surface area (Å²) in [5.74, 6) is -0.117. The fourth-order valence-electron chi connectivity index (χ4n) is 3.89. The highest BCUT2D eigenvalue weighted by molar-refractivity contribution is 6.00. The molecule has 34 heavy (non-hydrogen) atoms. The second-order valence-corrected chi connectivity index (χ2v) is 8.10. The van der Waals surface area contributed by atoms with Crippen molar-refractivity contribution in [3.63, 3.8) is 0 Å². The first kappa shape index (κ1) is 23.1. The van der Waals surface area contributed by atoms with Crippen molar-refractivity contribution < 1.29 is 18.0 Å². The van der Waals surface area contributed by atoms with Crippen LogP contribution in [-0.2, 0) is 13.2 Å². The lowest BCUT2D eigenvalue weighted by Crippen LogP contribution is -2.25. The summed E-state index contributed by atoms with van der Waals surface area (Å²) >= 11 is 0. The highest BCUT2D eigenvalue weighted by Crippen LogP contribution is 2.30. The highest BCUT2D eigenvalue weighted by Gasteiger charge is 2.30. The van der Waals surface area contributed by atoms with E-state index in [2.05, 4.69) is 15.6 Å². The molecule has 2 aromatic carbocycles. The maximum atomic E-state index is 13.3. The van der Waals surface area contributed by atoms with Crippen LogP contribution in [0.1, 0.15) is 31.0 Å². The Morgan fingerprint density at radius 2 is 1.71 bits per heavy atom. The van der Waals surface area contributed by atoms with E-state index in [0.717, 1.165) is 35.2 Å². The molecule has 0 atom stereocenters. The number of hydrogen-bond acceptors (Lipinski definition) is 3. The second-order valence-electron chi connectivity index (χ2n) is 8.10. The number of halogens is 3. The van der Waals surface area contributed by atoms with Crippen LogP contribution in [0.15, 0.2) is 65.6 Å². The average molecular weight is 469 g/mol. The number of nitrogens with zero attached hydrogens (tertiary/aromatic N) is 3. The second kappa shape index (κ2) is 8.69. The first-order valence-corrected chi connectivity index (χ1v) is 10.5. The number of aromatic nitrogens is 3. The third kappa shape index (κ3) is 4.39. The SMILES string of the molecule is CC(C)c1c(NC(=O)Nc2ccc(C(F)(F)F)cc2)c(=O)n(-c2cnc3ccccc3c2)n1C. The van der Waals surface area contributed by atoms with Gasteiger partial charge in [-0.15, -0.1) is 0 Å². The van der Waals surface area contributed by atoms with Crippen LogP contribution < -0.4 is 16.2 Å². The van der Waals surface area contributed by atoms with E-state index >= 15 is 0 Å². The molecule has 0 bridgehead atoms. The number of hydrogen-bond donors (Lipinski definition) is 2. The number of fused-ring (bicyclic) bond motifs is 1. The van der Waals surface area contributed by atoms with Crippen LogP contribution in [0.25, 0.3) is 16.6 Å². The van der Waals surface area contributed by atoms with Crippen LogP contribution >= 0.6 is 0 Å². The number of benzene rings is 2. The molecule has 176 valence electrons. The number of anilines is 2. The number of carbonyl (C=O) groups excluding carboxylic acids is 1. The van der Waals surface area contributed by atoms with E-state index in [1.165, 1.54) is 4.68 Å². The predicted octanol–water partition coefficient (Wildman–Crippen LogP) is 5.51. The van der Waals surface area contributed by atoms with Crippen molar-refractivity contribution in [2.24, 2.45) is 7.05 Å². The molecule has 2 N–H and O–H groups in total. The summed E-state index contributed by atoms with van der Waals surface area (Å²) in [4.78, 5) is 30.4. The molecule has 2 amide bonds. The zero-order valence-electron chi connectivity index (χ0n) is 18.6. The third-order valence-electron chi connectivity index (χ3n) is 5.39. The van der Waals surface area contributed by atoms with E-state index in [4.69, 9.17) is 0 Å². The summed E-state index contributed by atoms with van der Waals surface area (Å²) in [6, 6.07) is 12.6. The lowest BCUT2D eigenvalue weighted by Gasteiger charge is -2.13. The van der Waals surface area contributed by atoms with Crippen LogP contribution in [0.5, 0.6) is 0 Å². The van der Waals surface area contributed by atoms with Gasteiger partial charge < -0.3 is 10.6 Å². The van der Waals surface area contributed by atoms with Crippen molar-refractivity contribution in [3.8, 4) is 5.69 Å². The third-order valence-corrected chi connectivity index (χ3v) is 5.39. The smallest absolute Gasteiger partial charge is 0.308 e. The predicted molar refractivity (Wildman–Crippen MR) is 124 cm³/mol. The lowest BCUT2D eigenvalue weighted by atomic mass is 10.1. The van der Waals surface area contributed by atoms with Gasteiger partial charge >= 0.3 is 12.2 Å². The molecule has 4 aromatic rings. The van der Waals surface area contributed by atoms with Gasteiger partial charge in [-0.05, 0) is 42.3 Å². The molecule has 0 aliphatic rings. The van der Waals surface area contributed by atoms with E-state index in [-0.39, 0.29) is 17.3 Å². The fourth-order valence-corrected chi connectivity index (χ4v) is 3.89. The molecule has 7 nitrogen and oxygen atoms in total. The van der Waals surface area contributed by atoms with Crippen LogP contribution in [0.4, 0.5) is 29.3 Å². The van der Waals surface area contributed by atoms with Crippen LogP contribution in [0, 0.1) is 0 Å². The van der Waals surface area contributed by atoms with Gasteiger partial charge in [-0.2, -0.15) is 13.2 Å². The molecule has 0 radical (unpaired) electrons. The molecule has 0 aliphatic carbocycles. The molecule has 0 fully saturated rings. The van der Waals surface area contributed by atoms with Crippen molar-refractivity contribution in [1.82, 2.24) is 14.3 Å². The Morgan fingerprint density at radius 1 is 1.03 bits per heavy atom. The molecule has 0 saturated carbocycles. The van der Waals surface area contributed by atoms with E-state index in [9.17, 15) is 22.8 Å². The fraction of sp³-hybridized carbons (Fsp3) is 0.208. The van der Waals surface area contributed by atoms with Crippen LogP contribution in [-0.4, -0.2) is 20.4 Å². The lowest BCUT2D eigenvalue weighted by molar-refractivity contribution is -0.137. The minimum Gasteiger partial charge on any atom is -0.308 e. The monoisotopic (exact) mass is 469 g/mol.